The van der Waals surface area contributed by atoms with E-state index >= 15 is 0 Å². The third-order valence-electron chi connectivity index (χ3n) is 2.40. The zero-order chi connectivity index (χ0) is 12.3. The summed E-state index contributed by atoms with van der Waals surface area (Å²) in [5.41, 5.74) is 7.36. The summed E-state index contributed by atoms with van der Waals surface area (Å²) in [5, 5.41) is 0. The van der Waals surface area contributed by atoms with E-state index in [0.29, 0.717) is 17.5 Å². The summed E-state index contributed by atoms with van der Waals surface area (Å²) in [6, 6.07) is 3.43. The van der Waals surface area contributed by atoms with Gasteiger partial charge < -0.3 is 10.3 Å². The number of hydrogen-bond acceptors (Lipinski definition) is 2. The van der Waals surface area contributed by atoms with Crippen LogP contribution in [-0.2, 0) is 13.0 Å². The summed E-state index contributed by atoms with van der Waals surface area (Å²) in [5.74, 6) is 0.992. The van der Waals surface area contributed by atoms with Crippen LogP contribution < -0.4 is 11.3 Å². The Hall–Kier alpha value is -1.25. The molecule has 0 bridgehead atoms. The summed E-state index contributed by atoms with van der Waals surface area (Å²) in [6.07, 6.45) is 0.896. The molecule has 1 heterocycles. The molecule has 3 nitrogen and oxygen atoms in total. The van der Waals surface area contributed by atoms with Gasteiger partial charge in [-0.2, -0.15) is 0 Å². The minimum atomic E-state index is 0.0179. The first kappa shape index (κ1) is 12.8. The molecular formula is C13H22N2O. The molecule has 0 saturated heterocycles. The Morgan fingerprint density at radius 3 is 2.31 bits per heavy atom. The van der Waals surface area contributed by atoms with Crippen molar-refractivity contribution < 1.29 is 0 Å². The quantitative estimate of drug-likeness (QED) is 0.849. The van der Waals surface area contributed by atoms with Crippen molar-refractivity contribution in [3.63, 3.8) is 0 Å². The van der Waals surface area contributed by atoms with Gasteiger partial charge >= 0.3 is 0 Å². The average Bonchev–Trinajstić information content (AvgIpc) is 2.09. The minimum Gasteiger partial charge on any atom is -0.399 e. The van der Waals surface area contributed by atoms with E-state index in [0.717, 1.165) is 18.7 Å². The van der Waals surface area contributed by atoms with Crippen LogP contribution in [0.15, 0.2) is 16.9 Å². The molecule has 0 atom stereocenters. The van der Waals surface area contributed by atoms with Gasteiger partial charge in [-0.3, -0.25) is 4.79 Å². The monoisotopic (exact) mass is 222 g/mol. The van der Waals surface area contributed by atoms with Crippen LogP contribution >= 0.6 is 0 Å². The van der Waals surface area contributed by atoms with Crippen molar-refractivity contribution in [1.82, 2.24) is 4.57 Å². The lowest BCUT2D eigenvalue weighted by molar-refractivity contribution is 0.482. The lowest BCUT2D eigenvalue weighted by Gasteiger charge is -2.16. The Morgan fingerprint density at radius 1 is 1.19 bits per heavy atom. The van der Waals surface area contributed by atoms with Crippen molar-refractivity contribution in [2.75, 3.05) is 5.73 Å². The lowest BCUT2D eigenvalue weighted by atomic mass is 10.1. The average molecular weight is 222 g/mol. The molecule has 0 spiro atoms. The van der Waals surface area contributed by atoms with Crippen LogP contribution in [0.25, 0.3) is 0 Å². The molecule has 0 fully saturated rings. The van der Waals surface area contributed by atoms with Crippen molar-refractivity contribution in [2.45, 2.75) is 40.7 Å². The molecule has 0 saturated carbocycles. The van der Waals surface area contributed by atoms with E-state index in [2.05, 4.69) is 27.7 Å². The van der Waals surface area contributed by atoms with E-state index in [1.165, 1.54) is 6.07 Å². The number of rotatable bonds is 4. The van der Waals surface area contributed by atoms with E-state index in [9.17, 15) is 4.79 Å². The summed E-state index contributed by atoms with van der Waals surface area (Å²) in [6.45, 7) is 9.28. The van der Waals surface area contributed by atoms with Crippen LogP contribution in [0.4, 0.5) is 5.69 Å². The number of pyridine rings is 1. The predicted molar refractivity (Wildman–Crippen MR) is 68.5 cm³/mol. The van der Waals surface area contributed by atoms with Crippen LogP contribution in [0, 0.1) is 11.8 Å². The van der Waals surface area contributed by atoms with Crippen LogP contribution in [0.5, 0.6) is 0 Å². The number of anilines is 1. The second-order valence-corrected chi connectivity index (χ2v) is 5.22. The van der Waals surface area contributed by atoms with Crippen molar-refractivity contribution in [1.29, 1.82) is 0 Å². The van der Waals surface area contributed by atoms with Crippen molar-refractivity contribution in [2.24, 2.45) is 11.8 Å². The van der Waals surface area contributed by atoms with Gasteiger partial charge in [-0.15, -0.1) is 0 Å². The van der Waals surface area contributed by atoms with Crippen molar-refractivity contribution in [3.8, 4) is 0 Å². The van der Waals surface area contributed by atoms with Crippen LogP contribution in [0.1, 0.15) is 33.4 Å². The molecule has 1 aromatic rings. The predicted octanol–water partition coefficient (Wildman–Crippen LogP) is 2.29. The number of nitrogens with zero attached hydrogens (tertiary/aromatic N) is 1. The fourth-order valence-corrected chi connectivity index (χ4v) is 1.83. The first-order chi connectivity index (χ1) is 7.40. The maximum atomic E-state index is 11.9. The number of nitrogen functional groups attached to an aromatic ring is 1. The number of hydrogen-bond donors (Lipinski definition) is 1. The normalized spacial score (nSPS) is 11.4. The lowest BCUT2D eigenvalue weighted by Crippen LogP contribution is -2.26. The van der Waals surface area contributed by atoms with Crippen LogP contribution in [0.2, 0.25) is 0 Å². The second-order valence-electron chi connectivity index (χ2n) is 5.22. The highest BCUT2D eigenvalue weighted by atomic mass is 16.1. The van der Waals surface area contributed by atoms with Crippen molar-refractivity contribution >= 4 is 5.69 Å². The summed E-state index contributed by atoms with van der Waals surface area (Å²) in [4.78, 5) is 11.9. The van der Waals surface area contributed by atoms with Crippen LogP contribution in [-0.4, -0.2) is 4.57 Å². The largest absolute Gasteiger partial charge is 0.399 e. The van der Waals surface area contributed by atoms with Gasteiger partial charge in [-0.1, -0.05) is 27.7 Å². The molecule has 2 N–H and O–H groups in total. The fourth-order valence-electron chi connectivity index (χ4n) is 1.83. The van der Waals surface area contributed by atoms with E-state index in [1.807, 2.05) is 10.6 Å². The summed E-state index contributed by atoms with van der Waals surface area (Å²) in [7, 11) is 0. The number of aromatic nitrogens is 1. The van der Waals surface area contributed by atoms with E-state index in [-0.39, 0.29) is 5.56 Å². The van der Waals surface area contributed by atoms with Gasteiger partial charge in [-0.05, 0) is 24.3 Å². The molecule has 0 unspecified atom stereocenters. The molecule has 16 heavy (non-hydrogen) atoms. The van der Waals surface area contributed by atoms with E-state index in [1.54, 1.807) is 0 Å². The highest BCUT2D eigenvalue weighted by Gasteiger charge is 2.08. The topological polar surface area (TPSA) is 48.0 Å². The highest BCUT2D eigenvalue weighted by molar-refractivity contribution is 5.38. The van der Waals surface area contributed by atoms with Gasteiger partial charge in [0.25, 0.3) is 5.56 Å². The standard InChI is InChI=1S/C13H22N2O/c1-9(2)5-12-6-11(14)7-13(16)15(12)8-10(3)4/h6-7,9-10H,5,8,14H2,1-4H3. The number of nitrogens with two attached hydrogens (primary N) is 1. The van der Waals surface area contributed by atoms with E-state index in [4.69, 9.17) is 5.73 Å². The Morgan fingerprint density at radius 2 is 1.81 bits per heavy atom. The molecule has 0 aliphatic rings. The first-order valence-electron chi connectivity index (χ1n) is 5.89. The molecule has 0 aliphatic heterocycles. The summed E-state index contributed by atoms with van der Waals surface area (Å²) >= 11 is 0. The molecule has 3 heteroatoms. The Labute approximate surface area is 97.3 Å². The van der Waals surface area contributed by atoms with Gasteiger partial charge in [0.1, 0.15) is 0 Å². The van der Waals surface area contributed by atoms with Crippen molar-refractivity contribution in [3.05, 3.63) is 28.2 Å². The van der Waals surface area contributed by atoms with Gasteiger partial charge in [-0.25, -0.2) is 0 Å². The van der Waals surface area contributed by atoms with E-state index < -0.39 is 0 Å². The van der Waals surface area contributed by atoms with Gasteiger partial charge in [0.15, 0.2) is 0 Å². The highest BCUT2D eigenvalue weighted by Crippen LogP contribution is 2.11. The van der Waals surface area contributed by atoms with Gasteiger partial charge in [0.2, 0.25) is 0 Å². The first-order valence-corrected chi connectivity index (χ1v) is 5.89. The Bertz CT molecular complexity index is 405. The zero-order valence-corrected chi connectivity index (χ0v) is 10.7. The maximum absolute atomic E-state index is 11.9. The minimum absolute atomic E-state index is 0.0179. The Balaban J connectivity index is 3.15. The van der Waals surface area contributed by atoms with Gasteiger partial charge in [0, 0.05) is 24.0 Å². The molecule has 1 rings (SSSR count). The summed E-state index contributed by atoms with van der Waals surface area (Å²) < 4.78 is 1.85. The molecule has 90 valence electrons. The maximum Gasteiger partial charge on any atom is 0.252 e. The molecule has 0 amide bonds. The third kappa shape index (κ3) is 3.40. The third-order valence-corrected chi connectivity index (χ3v) is 2.40. The molecule has 0 aliphatic carbocycles. The molecule has 1 aromatic heterocycles. The second kappa shape index (κ2) is 5.19. The molecular weight excluding hydrogens is 200 g/mol. The SMILES string of the molecule is CC(C)Cc1cc(N)cc(=O)n1CC(C)C. The fraction of sp³-hybridized carbons (Fsp3) is 0.615. The zero-order valence-electron chi connectivity index (χ0n) is 10.7. The molecule has 0 aromatic carbocycles. The van der Waals surface area contributed by atoms with Gasteiger partial charge in [0.05, 0.1) is 0 Å². The Kier molecular flexibility index (Phi) is 4.16. The smallest absolute Gasteiger partial charge is 0.252 e. The molecule has 0 radical (unpaired) electrons. The van der Waals surface area contributed by atoms with Crippen LogP contribution in [0.3, 0.4) is 0 Å².